The molecule has 0 radical (unpaired) electrons. The molecule has 0 amide bonds. The van der Waals surface area contributed by atoms with Crippen molar-refractivity contribution in [2.24, 2.45) is 0 Å². The number of thiophene rings is 2. The maximum atomic E-state index is 2.29. The second-order valence-electron chi connectivity index (χ2n) is 3.95. The van der Waals surface area contributed by atoms with E-state index < -0.39 is 0 Å². The summed E-state index contributed by atoms with van der Waals surface area (Å²) in [5, 5.41) is 3.71. The summed E-state index contributed by atoms with van der Waals surface area (Å²) in [6.45, 7) is 2.17. The van der Waals surface area contributed by atoms with E-state index in [0.29, 0.717) is 0 Å². The molecule has 16 heavy (non-hydrogen) atoms. The predicted molar refractivity (Wildman–Crippen MR) is 73.7 cm³/mol. The van der Waals surface area contributed by atoms with Gasteiger partial charge >= 0.3 is 0 Å². The molecule has 0 spiro atoms. The zero-order chi connectivity index (χ0) is 11.0. The van der Waals surface area contributed by atoms with Gasteiger partial charge in [-0.25, -0.2) is 0 Å². The Labute approximate surface area is 103 Å². The van der Waals surface area contributed by atoms with Crippen LogP contribution in [0.15, 0.2) is 41.8 Å². The molecule has 2 aromatic heterocycles. The van der Waals surface area contributed by atoms with Gasteiger partial charge in [0.15, 0.2) is 0 Å². The van der Waals surface area contributed by atoms with Crippen LogP contribution in [0.1, 0.15) is 15.3 Å². The molecule has 0 saturated carbocycles. The van der Waals surface area contributed by atoms with Crippen LogP contribution in [0.25, 0.3) is 10.1 Å². The highest BCUT2D eigenvalue weighted by atomic mass is 32.1. The molecular weight excluding hydrogens is 232 g/mol. The Morgan fingerprint density at radius 2 is 1.94 bits per heavy atom. The summed E-state index contributed by atoms with van der Waals surface area (Å²) in [7, 11) is 0. The van der Waals surface area contributed by atoms with Crippen molar-refractivity contribution in [3.8, 4) is 0 Å². The molecule has 3 rings (SSSR count). The van der Waals surface area contributed by atoms with E-state index in [1.165, 1.54) is 25.4 Å². The van der Waals surface area contributed by atoms with Gasteiger partial charge in [0.05, 0.1) is 0 Å². The highest BCUT2D eigenvalue weighted by molar-refractivity contribution is 7.17. The van der Waals surface area contributed by atoms with Crippen molar-refractivity contribution < 1.29 is 0 Å². The molecule has 0 fully saturated rings. The maximum Gasteiger partial charge on any atom is 0.0345 e. The summed E-state index contributed by atoms with van der Waals surface area (Å²) in [6, 6.07) is 13.1. The molecule has 0 unspecified atom stereocenters. The fraction of sp³-hybridized carbons (Fsp3) is 0.143. The molecule has 80 valence electrons. The average molecular weight is 244 g/mol. The number of hydrogen-bond acceptors (Lipinski definition) is 2. The molecule has 3 aromatic rings. The number of hydrogen-bond donors (Lipinski definition) is 0. The lowest BCUT2D eigenvalue weighted by atomic mass is 10.1. The topological polar surface area (TPSA) is 0 Å². The van der Waals surface area contributed by atoms with Crippen molar-refractivity contribution in [3.05, 3.63) is 57.1 Å². The zero-order valence-electron chi connectivity index (χ0n) is 9.07. The quantitative estimate of drug-likeness (QED) is 0.604. The molecule has 0 aliphatic heterocycles. The van der Waals surface area contributed by atoms with Gasteiger partial charge in [-0.3, -0.25) is 0 Å². The third kappa shape index (κ3) is 1.79. The van der Waals surface area contributed by atoms with Crippen LogP contribution < -0.4 is 0 Å². The number of aryl methyl sites for hydroxylation is 1. The first kappa shape index (κ1) is 10.1. The lowest BCUT2D eigenvalue weighted by molar-refractivity contribution is 1.29. The summed E-state index contributed by atoms with van der Waals surface area (Å²) < 4.78 is 1.39. The molecule has 0 saturated heterocycles. The number of fused-ring (bicyclic) bond motifs is 1. The Balaban J connectivity index is 2.00. The smallest absolute Gasteiger partial charge is 0.0345 e. The molecule has 0 aliphatic rings. The van der Waals surface area contributed by atoms with Crippen LogP contribution in [0.3, 0.4) is 0 Å². The van der Waals surface area contributed by atoms with Crippen LogP contribution in [0, 0.1) is 6.92 Å². The second kappa shape index (κ2) is 4.04. The fourth-order valence-corrected chi connectivity index (χ4v) is 3.81. The van der Waals surface area contributed by atoms with Crippen LogP contribution in [0.2, 0.25) is 0 Å². The number of benzene rings is 1. The minimum atomic E-state index is 1.07. The van der Waals surface area contributed by atoms with Crippen LogP contribution in [-0.2, 0) is 6.42 Å². The van der Waals surface area contributed by atoms with E-state index >= 15 is 0 Å². The first-order valence-corrected chi connectivity index (χ1v) is 7.03. The monoisotopic (exact) mass is 244 g/mol. The van der Waals surface area contributed by atoms with Gasteiger partial charge in [-0.2, -0.15) is 0 Å². The largest absolute Gasteiger partial charge is 0.145 e. The Bertz CT molecular complexity index is 616. The molecule has 0 atom stereocenters. The van der Waals surface area contributed by atoms with Gasteiger partial charge in [0, 0.05) is 20.9 Å². The van der Waals surface area contributed by atoms with E-state index in [1.807, 2.05) is 22.7 Å². The summed E-state index contributed by atoms with van der Waals surface area (Å²) in [6.07, 6.45) is 1.07. The Kier molecular flexibility index (Phi) is 2.54. The van der Waals surface area contributed by atoms with Crippen molar-refractivity contribution in [2.75, 3.05) is 0 Å². The highest BCUT2D eigenvalue weighted by Gasteiger charge is 2.05. The zero-order valence-corrected chi connectivity index (χ0v) is 10.7. The van der Waals surface area contributed by atoms with Gasteiger partial charge in [-0.1, -0.05) is 18.2 Å². The van der Waals surface area contributed by atoms with Crippen molar-refractivity contribution >= 4 is 32.8 Å². The van der Waals surface area contributed by atoms with E-state index in [9.17, 15) is 0 Å². The van der Waals surface area contributed by atoms with Crippen LogP contribution in [-0.4, -0.2) is 0 Å². The third-order valence-electron chi connectivity index (χ3n) is 2.72. The SMILES string of the molecule is Cc1ccc(Cc2csc3ccccc23)s1. The molecule has 2 heteroatoms. The molecule has 2 heterocycles. The van der Waals surface area contributed by atoms with Gasteiger partial charge in [0.25, 0.3) is 0 Å². The minimum absolute atomic E-state index is 1.07. The first-order valence-electron chi connectivity index (χ1n) is 5.33. The van der Waals surface area contributed by atoms with Gasteiger partial charge in [0.2, 0.25) is 0 Å². The van der Waals surface area contributed by atoms with Crippen molar-refractivity contribution in [1.29, 1.82) is 0 Å². The summed E-state index contributed by atoms with van der Waals surface area (Å²) in [5.41, 5.74) is 1.46. The van der Waals surface area contributed by atoms with E-state index in [2.05, 4.69) is 48.7 Å². The van der Waals surface area contributed by atoms with Crippen molar-refractivity contribution in [2.45, 2.75) is 13.3 Å². The Morgan fingerprint density at radius 3 is 2.75 bits per heavy atom. The maximum absolute atomic E-state index is 2.29. The lowest BCUT2D eigenvalue weighted by Gasteiger charge is -1.96. The standard InChI is InChI=1S/C14H12S2/c1-10-6-7-12(16-10)8-11-9-15-14-5-3-2-4-13(11)14/h2-7,9H,8H2,1H3. The normalized spacial score (nSPS) is 11.1. The highest BCUT2D eigenvalue weighted by Crippen LogP contribution is 2.29. The van der Waals surface area contributed by atoms with Crippen LogP contribution in [0.5, 0.6) is 0 Å². The van der Waals surface area contributed by atoms with Gasteiger partial charge in [-0.15, -0.1) is 22.7 Å². The fourth-order valence-electron chi connectivity index (χ4n) is 1.94. The van der Waals surface area contributed by atoms with E-state index in [0.717, 1.165) is 6.42 Å². The second-order valence-corrected chi connectivity index (χ2v) is 6.23. The third-order valence-corrected chi connectivity index (χ3v) is 4.73. The number of rotatable bonds is 2. The lowest BCUT2D eigenvalue weighted by Crippen LogP contribution is -1.80. The van der Waals surface area contributed by atoms with Crippen molar-refractivity contribution in [3.63, 3.8) is 0 Å². The Hall–Kier alpha value is -1.12. The Morgan fingerprint density at radius 1 is 1.06 bits per heavy atom. The van der Waals surface area contributed by atoms with E-state index in [-0.39, 0.29) is 0 Å². The molecule has 0 aliphatic carbocycles. The van der Waals surface area contributed by atoms with Gasteiger partial charge < -0.3 is 0 Å². The molecule has 0 bridgehead atoms. The molecule has 1 aromatic carbocycles. The molecule has 0 nitrogen and oxygen atoms in total. The minimum Gasteiger partial charge on any atom is -0.145 e. The van der Waals surface area contributed by atoms with Crippen LogP contribution >= 0.6 is 22.7 Å². The van der Waals surface area contributed by atoms with Gasteiger partial charge in [0.1, 0.15) is 0 Å². The average Bonchev–Trinajstić information content (AvgIpc) is 2.87. The van der Waals surface area contributed by atoms with Gasteiger partial charge in [-0.05, 0) is 41.5 Å². The van der Waals surface area contributed by atoms with E-state index in [1.54, 1.807) is 0 Å². The van der Waals surface area contributed by atoms with Crippen molar-refractivity contribution in [1.82, 2.24) is 0 Å². The van der Waals surface area contributed by atoms with E-state index in [4.69, 9.17) is 0 Å². The summed E-state index contributed by atoms with van der Waals surface area (Å²) >= 11 is 3.74. The predicted octanol–water partition coefficient (Wildman–Crippen LogP) is 4.86. The molecular formula is C14H12S2. The molecule has 0 N–H and O–H groups in total. The summed E-state index contributed by atoms with van der Waals surface area (Å²) in [4.78, 5) is 2.86. The summed E-state index contributed by atoms with van der Waals surface area (Å²) in [5.74, 6) is 0. The van der Waals surface area contributed by atoms with Crippen LogP contribution in [0.4, 0.5) is 0 Å². The first-order chi connectivity index (χ1) is 7.83.